The van der Waals surface area contributed by atoms with Gasteiger partial charge in [0.15, 0.2) is 0 Å². The Hall–Kier alpha value is -1.90. The maximum atomic E-state index is 11.7. The second-order valence-electron chi connectivity index (χ2n) is 4.84. The van der Waals surface area contributed by atoms with Crippen molar-refractivity contribution in [3.05, 3.63) is 46.6 Å². The number of hydroxylamine groups is 1. The van der Waals surface area contributed by atoms with Gasteiger partial charge in [-0.2, -0.15) is 12.7 Å². The minimum absolute atomic E-state index is 0.0679. The monoisotopic (exact) mass is 358 g/mol. The van der Waals surface area contributed by atoms with Crippen LogP contribution in [0.4, 0.5) is 0 Å². The molecule has 1 aromatic carbocycles. The highest BCUT2D eigenvalue weighted by Crippen LogP contribution is 2.29. The number of dihydropyridines is 1. The fourth-order valence-corrected chi connectivity index (χ4v) is 2.36. The first-order valence-corrected chi connectivity index (χ1v) is 8.74. The van der Waals surface area contributed by atoms with E-state index in [1.807, 2.05) is 0 Å². The molecule has 0 fully saturated rings. The van der Waals surface area contributed by atoms with Gasteiger partial charge in [-0.25, -0.2) is 4.79 Å². The Kier molecular flexibility index (Phi) is 5.40. The first kappa shape index (κ1) is 17.5. The predicted molar refractivity (Wildman–Crippen MR) is 85.4 cm³/mol. The molecule has 1 unspecified atom stereocenters. The van der Waals surface area contributed by atoms with Gasteiger partial charge in [-0.15, -0.1) is 0 Å². The lowest BCUT2D eigenvalue weighted by Gasteiger charge is -2.21. The molecule has 1 atom stereocenters. The Morgan fingerprint density at radius 3 is 2.57 bits per heavy atom. The number of esters is 1. The van der Waals surface area contributed by atoms with E-state index < -0.39 is 22.1 Å². The van der Waals surface area contributed by atoms with Crippen molar-refractivity contribution >= 4 is 33.4 Å². The molecule has 1 heterocycles. The summed E-state index contributed by atoms with van der Waals surface area (Å²) in [5.74, 6) is -0.623. The second kappa shape index (κ2) is 7.12. The summed E-state index contributed by atoms with van der Waals surface area (Å²) >= 11 is 5.86. The van der Waals surface area contributed by atoms with Gasteiger partial charge < -0.3 is 4.74 Å². The van der Waals surface area contributed by atoms with Gasteiger partial charge in [0.05, 0.1) is 19.4 Å². The molecule has 0 aromatic heterocycles. The average molecular weight is 359 g/mol. The summed E-state index contributed by atoms with van der Waals surface area (Å²) in [6.45, 7) is 0. The minimum Gasteiger partial charge on any atom is -0.464 e. The lowest BCUT2D eigenvalue weighted by atomic mass is 9.99. The fraction of sp³-hybridized carbons (Fsp3) is 0.286. The van der Waals surface area contributed by atoms with E-state index in [9.17, 15) is 13.2 Å². The number of nitrogens with one attached hydrogen (secondary N) is 1. The van der Waals surface area contributed by atoms with Crippen molar-refractivity contribution in [2.24, 2.45) is 4.99 Å². The molecule has 23 heavy (non-hydrogen) atoms. The van der Waals surface area contributed by atoms with E-state index >= 15 is 0 Å². The molecule has 9 heteroatoms. The molecule has 1 N–H and O–H groups in total. The van der Waals surface area contributed by atoms with Crippen LogP contribution in [0, 0.1) is 0 Å². The number of hydrogen-bond donors (Lipinski definition) is 1. The van der Waals surface area contributed by atoms with E-state index in [0.717, 1.165) is 11.8 Å². The molecule has 0 amide bonds. The molecule has 1 aliphatic rings. The van der Waals surface area contributed by atoms with Crippen molar-refractivity contribution in [2.45, 2.75) is 12.5 Å². The summed E-state index contributed by atoms with van der Waals surface area (Å²) < 4.78 is 31.4. The van der Waals surface area contributed by atoms with Gasteiger partial charge in [-0.3, -0.25) is 10.5 Å². The van der Waals surface area contributed by atoms with Crippen LogP contribution in [0.2, 0.25) is 5.02 Å². The van der Waals surface area contributed by atoms with Crippen molar-refractivity contribution in [2.75, 3.05) is 13.4 Å². The zero-order valence-corrected chi connectivity index (χ0v) is 14.0. The second-order valence-corrected chi connectivity index (χ2v) is 6.85. The van der Waals surface area contributed by atoms with Crippen LogP contribution < -0.4 is 5.48 Å². The number of benzene rings is 1. The minimum atomic E-state index is -3.68. The van der Waals surface area contributed by atoms with Gasteiger partial charge in [0.1, 0.15) is 5.71 Å². The molecule has 0 saturated carbocycles. The molecule has 124 valence electrons. The number of aliphatic imine (C=N–C) groups is 1. The number of hydrogen-bond acceptors (Lipinski definition) is 7. The number of carbonyl (C=O) groups excluding carboxylic acids is 1. The van der Waals surface area contributed by atoms with Crippen LogP contribution in [0.25, 0.3) is 0 Å². The van der Waals surface area contributed by atoms with Gasteiger partial charge in [0, 0.05) is 17.1 Å². The largest absolute Gasteiger partial charge is 0.464 e. The van der Waals surface area contributed by atoms with Crippen LogP contribution in [-0.4, -0.2) is 33.5 Å². The van der Waals surface area contributed by atoms with Crippen molar-refractivity contribution in [1.82, 2.24) is 5.48 Å². The Labute approximate surface area is 139 Å². The van der Waals surface area contributed by atoms with Crippen LogP contribution in [0.15, 0.2) is 41.0 Å². The van der Waals surface area contributed by atoms with E-state index in [1.54, 1.807) is 24.3 Å². The Morgan fingerprint density at radius 2 is 2.00 bits per heavy atom. The summed E-state index contributed by atoms with van der Waals surface area (Å²) in [6.07, 6.45) is 2.64. The maximum Gasteiger partial charge on any atom is 0.356 e. The van der Waals surface area contributed by atoms with Crippen LogP contribution in [0.3, 0.4) is 0 Å². The number of halogens is 1. The quantitative estimate of drug-likeness (QED) is 0.636. The Balaban J connectivity index is 2.27. The van der Waals surface area contributed by atoms with E-state index in [2.05, 4.69) is 19.5 Å². The van der Waals surface area contributed by atoms with Crippen molar-refractivity contribution in [3.63, 3.8) is 0 Å². The zero-order valence-electron chi connectivity index (χ0n) is 12.4. The summed E-state index contributed by atoms with van der Waals surface area (Å²) in [5.41, 5.74) is 3.62. The van der Waals surface area contributed by atoms with Gasteiger partial charge >= 0.3 is 5.97 Å². The van der Waals surface area contributed by atoms with E-state index in [-0.39, 0.29) is 5.71 Å². The van der Waals surface area contributed by atoms with Crippen LogP contribution in [-0.2, 0) is 23.9 Å². The number of nitrogens with zero attached hydrogens (tertiary/aromatic N) is 1. The van der Waals surface area contributed by atoms with Gasteiger partial charge in [-0.05, 0) is 23.8 Å². The summed E-state index contributed by atoms with van der Waals surface area (Å²) in [4.78, 5) is 16.1. The van der Waals surface area contributed by atoms with Crippen molar-refractivity contribution in [1.29, 1.82) is 0 Å². The van der Waals surface area contributed by atoms with Gasteiger partial charge in [-0.1, -0.05) is 23.7 Å². The molecular formula is C14H15ClN2O5S. The predicted octanol–water partition coefficient (Wildman–Crippen LogP) is 1.76. The molecular weight excluding hydrogens is 344 g/mol. The van der Waals surface area contributed by atoms with Gasteiger partial charge in [0.2, 0.25) is 0 Å². The molecule has 1 aromatic rings. The molecule has 0 radical (unpaired) electrons. The summed E-state index contributed by atoms with van der Waals surface area (Å²) in [5, 5.41) is 0.580. The van der Waals surface area contributed by atoms with E-state index in [0.29, 0.717) is 17.1 Å². The molecule has 0 saturated heterocycles. The van der Waals surface area contributed by atoms with E-state index in [1.165, 1.54) is 13.2 Å². The number of methoxy groups -OCH3 is 1. The third kappa shape index (κ3) is 5.05. The molecule has 2 rings (SSSR count). The molecule has 7 nitrogen and oxygen atoms in total. The molecule has 0 aliphatic carbocycles. The molecule has 1 aliphatic heterocycles. The van der Waals surface area contributed by atoms with Crippen LogP contribution >= 0.6 is 11.6 Å². The lowest BCUT2D eigenvalue weighted by Crippen LogP contribution is -2.26. The Morgan fingerprint density at radius 1 is 1.35 bits per heavy atom. The first-order chi connectivity index (χ1) is 10.8. The fourth-order valence-electron chi connectivity index (χ4n) is 1.98. The third-order valence-electron chi connectivity index (χ3n) is 2.99. The standard InChI is InChI=1S/C14H15ClN2O5S/c1-21-14(18)13-8-11(17-22-23(2,19)20)7-12(16-13)9-3-5-10(15)6-4-9/h3-6,8,12,17H,7H2,1-2H3. The topological polar surface area (TPSA) is 94.1 Å². The average Bonchev–Trinajstić information content (AvgIpc) is 2.52. The highest BCUT2D eigenvalue weighted by Gasteiger charge is 2.23. The number of carbonyl (C=O) groups is 1. The molecule has 0 spiro atoms. The Bertz CT molecular complexity index is 756. The normalized spacial score (nSPS) is 18.0. The third-order valence-corrected chi connectivity index (χ3v) is 3.63. The number of rotatable bonds is 5. The lowest BCUT2D eigenvalue weighted by molar-refractivity contribution is -0.132. The smallest absolute Gasteiger partial charge is 0.356 e. The van der Waals surface area contributed by atoms with E-state index in [4.69, 9.17) is 11.6 Å². The number of ether oxygens (including phenoxy) is 1. The van der Waals surface area contributed by atoms with Crippen molar-refractivity contribution < 1.29 is 22.2 Å². The summed E-state index contributed by atoms with van der Waals surface area (Å²) in [6, 6.07) is 6.60. The zero-order chi connectivity index (χ0) is 17.0. The van der Waals surface area contributed by atoms with Crippen LogP contribution in [0.5, 0.6) is 0 Å². The SMILES string of the molecule is COC(=O)C1=NC(c2ccc(Cl)cc2)CC(NOS(C)(=O)=O)=C1. The molecule has 0 bridgehead atoms. The highest BCUT2D eigenvalue weighted by atomic mass is 35.5. The van der Waals surface area contributed by atoms with Crippen LogP contribution in [0.1, 0.15) is 18.0 Å². The van der Waals surface area contributed by atoms with Crippen molar-refractivity contribution in [3.8, 4) is 0 Å². The summed E-state index contributed by atoms with van der Waals surface area (Å²) in [7, 11) is -2.44. The first-order valence-electron chi connectivity index (χ1n) is 6.55. The maximum absolute atomic E-state index is 11.7. The highest BCUT2D eigenvalue weighted by molar-refractivity contribution is 7.85. The van der Waals surface area contributed by atoms with Gasteiger partial charge in [0.25, 0.3) is 10.1 Å².